The van der Waals surface area contributed by atoms with E-state index in [9.17, 15) is 9.59 Å². The first-order chi connectivity index (χ1) is 11.6. The van der Waals surface area contributed by atoms with Crippen molar-refractivity contribution in [1.82, 2.24) is 15.5 Å². The molecule has 24 heavy (non-hydrogen) atoms. The number of piperidine rings is 1. The van der Waals surface area contributed by atoms with Gasteiger partial charge in [0.1, 0.15) is 5.75 Å². The summed E-state index contributed by atoms with van der Waals surface area (Å²) in [5.41, 5.74) is 0.883. The Morgan fingerprint density at radius 1 is 1.25 bits per heavy atom. The van der Waals surface area contributed by atoms with Gasteiger partial charge in [-0.3, -0.25) is 4.79 Å². The second-order valence-electron chi connectivity index (χ2n) is 6.05. The Balaban J connectivity index is 1.77. The highest BCUT2D eigenvalue weighted by Crippen LogP contribution is 2.18. The van der Waals surface area contributed by atoms with Gasteiger partial charge in [-0.1, -0.05) is 25.1 Å². The number of likely N-dealkylation sites (tertiary alicyclic amines) is 1. The second kappa shape index (κ2) is 9.15. The third-order valence-corrected chi connectivity index (χ3v) is 4.22. The molecule has 2 N–H and O–H groups in total. The van der Waals surface area contributed by atoms with E-state index >= 15 is 0 Å². The molecule has 2 rings (SSSR count). The smallest absolute Gasteiger partial charge is 0.317 e. The summed E-state index contributed by atoms with van der Waals surface area (Å²) < 4.78 is 5.28. The second-order valence-corrected chi connectivity index (χ2v) is 6.05. The summed E-state index contributed by atoms with van der Waals surface area (Å²) in [5.74, 6) is 0.725. The van der Waals surface area contributed by atoms with Crippen LogP contribution in [-0.4, -0.2) is 49.6 Å². The lowest BCUT2D eigenvalue weighted by Crippen LogP contribution is -2.49. The first-order valence-electron chi connectivity index (χ1n) is 8.58. The van der Waals surface area contributed by atoms with Gasteiger partial charge in [-0.25, -0.2) is 4.79 Å². The van der Waals surface area contributed by atoms with E-state index in [1.165, 1.54) is 0 Å². The van der Waals surface area contributed by atoms with E-state index in [0.29, 0.717) is 26.1 Å². The Bertz CT molecular complexity index is 554. The number of carbonyl (C=O) groups is 2. The molecule has 1 aromatic carbocycles. The number of rotatable bonds is 6. The molecule has 1 fully saturated rings. The van der Waals surface area contributed by atoms with Crippen molar-refractivity contribution in [2.24, 2.45) is 0 Å². The number of para-hydroxylation sites is 1. The van der Waals surface area contributed by atoms with Crippen molar-refractivity contribution in [3.8, 4) is 5.75 Å². The van der Waals surface area contributed by atoms with Gasteiger partial charge in [0.2, 0.25) is 5.91 Å². The largest absolute Gasteiger partial charge is 0.496 e. The molecule has 1 saturated heterocycles. The van der Waals surface area contributed by atoms with Crippen molar-refractivity contribution in [2.75, 3.05) is 26.7 Å². The fraction of sp³-hybridized carbons (Fsp3) is 0.556. The molecule has 0 unspecified atom stereocenters. The average molecular weight is 333 g/mol. The summed E-state index contributed by atoms with van der Waals surface area (Å²) in [6, 6.07) is 7.67. The Hall–Kier alpha value is -2.24. The zero-order valence-electron chi connectivity index (χ0n) is 14.5. The van der Waals surface area contributed by atoms with Gasteiger partial charge in [-0.15, -0.1) is 0 Å². The topological polar surface area (TPSA) is 70.7 Å². The number of methoxy groups -OCH3 is 1. The number of carbonyl (C=O) groups excluding carboxylic acids is 2. The quantitative estimate of drug-likeness (QED) is 0.836. The van der Waals surface area contributed by atoms with Gasteiger partial charge in [-0.05, 0) is 25.3 Å². The van der Waals surface area contributed by atoms with Gasteiger partial charge in [0.05, 0.1) is 13.5 Å². The number of benzene rings is 1. The highest BCUT2D eigenvalue weighted by molar-refractivity contribution is 5.79. The molecule has 0 aliphatic carbocycles. The summed E-state index contributed by atoms with van der Waals surface area (Å²) in [7, 11) is 1.61. The number of amides is 3. The maximum absolute atomic E-state index is 12.2. The molecular weight excluding hydrogens is 306 g/mol. The zero-order chi connectivity index (χ0) is 17.4. The summed E-state index contributed by atoms with van der Waals surface area (Å²) in [6.45, 7) is 4.09. The Morgan fingerprint density at radius 2 is 1.96 bits per heavy atom. The van der Waals surface area contributed by atoms with E-state index in [0.717, 1.165) is 30.6 Å². The fourth-order valence-corrected chi connectivity index (χ4v) is 2.87. The molecule has 0 bridgehead atoms. The molecular formula is C18H27N3O3. The van der Waals surface area contributed by atoms with Crippen LogP contribution in [0.25, 0.3) is 0 Å². The van der Waals surface area contributed by atoms with Gasteiger partial charge in [0.15, 0.2) is 0 Å². The highest BCUT2D eigenvalue weighted by atomic mass is 16.5. The number of hydrogen-bond donors (Lipinski definition) is 2. The van der Waals surface area contributed by atoms with Gasteiger partial charge in [-0.2, -0.15) is 0 Å². The van der Waals surface area contributed by atoms with Crippen LogP contribution in [0.2, 0.25) is 0 Å². The predicted molar refractivity (Wildman–Crippen MR) is 93.1 cm³/mol. The van der Waals surface area contributed by atoms with Gasteiger partial charge in [0.25, 0.3) is 0 Å². The minimum Gasteiger partial charge on any atom is -0.496 e. The average Bonchev–Trinajstić information content (AvgIpc) is 2.60. The first-order valence-corrected chi connectivity index (χ1v) is 8.58. The standard InChI is InChI=1S/C18H27N3O3/c1-3-10-19-18(23)21-11-8-15(9-12-21)20-17(22)13-14-6-4-5-7-16(14)24-2/h4-7,15H,3,8-13H2,1-2H3,(H,19,23)(H,20,22). The fourth-order valence-electron chi connectivity index (χ4n) is 2.87. The molecule has 0 aromatic heterocycles. The highest BCUT2D eigenvalue weighted by Gasteiger charge is 2.23. The molecule has 6 nitrogen and oxygen atoms in total. The van der Waals surface area contributed by atoms with E-state index in [1.807, 2.05) is 36.1 Å². The van der Waals surface area contributed by atoms with Gasteiger partial charge in [0, 0.05) is 31.2 Å². The van der Waals surface area contributed by atoms with Crippen molar-refractivity contribution < 1.29 is 14.3 Å². The van der Waals surface area contributed by atoms with Crippen LogP contribution in [0.15, 0.2) is 24.3 Å². The number of urea groups is 1. The number of nitrogens with one attached hydrogen (secondary N) is 2. The third-order valence-electron chi connectivity index (χ3n) is 4.22. The Morgan fingerprint density at radius 3 is 2.62 bits per heavy atom. The van der Waals surface area contributed by atoms with Crippen molar-refractivity contribution in [3.05, 3.63) is 29.8 Å². The minimum atomic E-state index is -0.00613. The molecule has 0 saturated carbocycles. The van der Waals surface area contributed by atoms with E-state index < -0.39 is 0 Å². The van der Waals surface area contributed by atoms with Gasteiger partial charge < -0.3 is 20.3 Å². The van der Waals surface area contributed by atoms with Crippen LogP contribution in [0.1, 0.15) is 31.7 Å². The van der Waals surface area contributed by atoms with Crippen molar-refractivity contribution in [2.45, 2.75) is 38.6 Å². The molecule has 1 heterocycles. The maximum Gasteiger partial charge on any atom is 0.317 e. The van der Waals surface area contributed by atoms with E-state index in [-0.39, 0.29) is 18.0 Å². The normalized spacial score (nSPS) is 15.0. The summed E-state index contributed by atoms with van der Waals surface area (Å²) in [4.78, 5) is 26.0. The summed E-state index contributed by atoms with van der Waals surface area (Å²) in [6.07, 6.45) is 2.82. The molecule has 0 radical (unpaired) electrons. The van der Waals surface area contributed by atoms with Crippen molar-refractivity contribution >= 4 is 11.9 Å². The lowest BCUT2D eigenvalue weighted by molar-refractivity contribution is -0.121. The van der Waals surface area contributed by atoms with Crippen LogP contribution in [0, 0.1) is 0 Å². The third kappa shape index (κ3) is 5.15. The molecule has 0 spiro atoms. The molecule has 3 amide bonds. The minimum absolute atomic E-state index is 0.00403. The summed E-state index contributed by atoms with van der Waals surface area (Å²) >= 11 is 0. The molecule has 132 valence electrons. The maximum atomic E-state index is 12.2. The van der Waals surface area contributed by atoms with Crippen molar-refractivity contribution in [3.63, 3.8) is 0 Å². The molecule has 1 aromatic rings. The Kier molecular flexibility index (Phi) is 6.90. The van der Waals surface area contributed by atoms with Crippen LogP contribution in [0.4, 0.5) is 4.79 Å². The molecule has 0 atom stereocenters. The van der Waals surface area contributed by atoms with Gasteiger partial charge >= 0.3 is 6.03 Å². The van der Waals surface area contributed by atoms with Crippen LogP contribution < -0.4 is 15.4 Å². The van der Waals surface area contributed by atoms with Crippen LogP contribution in [0.5, 0.6) is 5.75 Å². The number of hydrogen-bond acceptors (Lipinski definition) is 3. The zero-order valence-corrected chi connectivity index (χ0v) is 14.5. The van der Waals surface area contributed by atoms with Crippen molar-refractivity contribution in [1.29, 1.82) is 0 Å². The molecule has 6 heteroatoms. The predicted octanol–water partition coefficient (Wildman–Crippen LogP) is 1.94. The van der Waals surface area contributed by atoms with Crippen LogP contribution in [0.3, 0.4) is 0 Å². The summed E-state index contributed by atoms with van der Waals surface area (Å²) in [5, 5.41) is 5.96. The molecule has 1 aliphatic rings. The van der Waals surface area contributed by atoms with Crippen LogP contribution >= 0.6 is 0 Å². The SMILES string of the molecule is CCCNC(=O)N1CCC(NC(=O)Cc2ccccc2OC)CC1. The monoisotopic (exact) mass is 333 g/mol. The Labute approximate surface area is 143 Å². The first kappa shape index (κ1) is 18.1. The van der Waals surface area contributed by atoms with E-state index in [2.05, 4.69) is 10.6 Å². The lowest BCUT2D eigenvalue weighted by Gasteiger charge is -2.32. The lowest BCUT2D eigenvalue weighted by atomic mass is 10.0. The molecule has 1 aliphatic heterocycles. The number of nitrogens with zero attached hydrogens (tertiary/aromatic N) is 1. The van der Waals surface area contributed by atoms with Crippen LogP contribution in [-0.2, 0) is 11.2 Å². The number of ether oxygens (including phenoxy) is 1. The van der Waals surface area contributed by atoms with E-state index in [4.69, 9.17) is 4.74 Å². The van der Waals surface area contributed by atoms with E-state index in [1.54, 1.807) is 7.11 Å².